The number of hydrogen-bond donors (Lipinski definition) is 0. The van der Waals surface area contributed by atoms with Gasteiger partial charge in [0.05, 0.1) is 0 Å². The van der Waals surface area contributed by atoms with Gasteiger partial charge in [-0.25, -0.2) is 0 Å². The molecule has 0 aliphatic carbocycles. The molecule has 0 radical (unpaired) electrons. The van der Waals surface area contributed by atoms with E-state index in [4.69, 9.17) is 5.26 Å². The van der Waals surface area contributed by atoms with Gasteiger partial charge in [-0.3, -0.25) is 4.90 Å². The molecule has 0 saturated heterocycles. The van der Waals surface area contributed by atoms with E-state index in [9.17, 15) is 0 Å². The summed E-state index contributed by atoms with van der Waals surface area (Å²) in [6.07, 6.45) is 5.42. The molecule has 0 unspecified atom stereocenters. The van der Waals surface area contributed by atoms with Crippen LogP contribution in [0.5, 0.6) is 0 Å². The molecule has 2 heteroatoms. The molecular formula is C5H8N2. The van der Waals surface area contributed by atoms with E-state index in [1.54, 1.807) is 13.2 Å². The smallest absolute Gasteiger partial charge is 0.183 e. The summed E-state index contributed by atoms with van der Waals surface area (Å²) in [6, 6.07) is 0. The summed E-state index contributed by atoms with van der Waals surface area (Å²) in [5.41, 5.74) is 0. The average Bonchev–Trinajstić information content (AvgIpc) is 1.68. The molecule has 7 heavy (non-hydrogen) atoms. The zero-order valence-electron chi connectivity index (χ0n) is 4.55. The number of nitrogens with zero attached hydrogens (tertiary/aromatic N) is 2. The molecule has 0 aromatic rings. The van der Waals surface area contributed by atoms with Gasteiger partial charge in [-0.2, -0.15) is 5.26 Å². The normalized spacial score (nSPS) is 8.71. The van der Waals surface area contributed by atoms with Crippen molar-refractivity contribution in [2.45, 2.75) is 6.92 Å². The highest BCUT2D eigenvalue weighted by molar-refractivity contribution is 4.84. The van der Waals surface area contributed by atoms with Gasteiger partial charge in [0, 0.05) is 13.2 Å². The average molecular weight is 96.1 g/mol. The van der Waals surface area contributed by atoms with Gasteiger partial charge >= 0.3 is 0 Å². The fraction of sp³-hybridized carbons (Fsp3) is 0.400. The number of hydrogen-bond acceptors (Lipinski definition) is 2. The Morgan fingerprint density at radius 1 is 1.71 bits per heavy atom. The molecule has 0 saturated carbocycles. The van der Waals surface area contributed by atoms with Crippen LogP contribution in [0.3, 0.4) is 0 Å². The maximum atomic E-state index is 8.09. The zero-order chi connectivity index (χ0) is 5.70. The summed E-state index contributed by atoms with van der Waals surface area (Å²) in [7, 11) is 1.69. The maximum Gasteiger partial charge on any atom is 0.183 e. The minimum absolute atomic E-state index is 1.43. The summed E-state index contributed by atoms with van der Waals surface area (Å²) < 4.78 is 0. The van der Waals surface area contributed by atoms with Gasteiger partial charge in [0.25, 0.3) is 0 Å². The van der Waals surface area contributed by atoms with E-state index in [0.29, 0.717) is 0 Å². The molecule has 0 N–H and O–H groups in total. The Morgan fingerprint density at radius 2 is 2.29 bits per heavy atom. The van der Waals surface area contributed by atoms with E-state index >= 15 is 0 Å². The maximum absolute atomic E-state index is 8.09. The molecular weight excluding hydrogens is 88.1 g/mol. The summed E-state index contributed by atoms with van der Waals surface area (Å²) in [4.78, 5) is 1.43. The molecule has 0 bridgehead atoms. The van der Waals surface area contributed by atoms with Crippen LogP contribution in [0.15, 0.2) is 12.3 Å². The second-order valence-corrected chi connectivity index (χ2v) is 1.19. The minimum atomic E-state index is 1.43. The van der Waals surface area contributed by atoms with Crippen LogP contribution in [0, 0.1) is 11.5 Å². The predicted molar refractivity (Wildman–Crippen MR) is 28.2 cm³/mol. The molecule has 0 aromatic heterocycles. The monoisotopic (exact) mass is 96.1 g/mol. The molecule has 0 aromatic carbocycles. The summed E-state index contributed by atoms with van der Waals surface area (Å²) >= 11 is 0. The topological polar surface area (TPSA) is 27.0 Å². The lowest BCUT2D eigenvalue weighted by Crippen LogP contribution is -1.98. The van der Waals surface area contributed by atoms with E-state index in [1.807, 2.05) is 19.2 Å². The lowest BCUT2D eigenvalue weighted by atomic mass is 10.7. The molecule has 0 aliphatic heterocycles. The van der Waals surface area contributed by atoms with Crippen LogP contribution in [0.1, 0.15) is 6.92 Å². The van der Waals surface area contributed by atoms with Crippen LogP contribution >= 0.6 is 0 Å². The van der Waals surface area contributed by atoms with Crippen molar-refractivity contribution in [2.75, 3.05) is 7.05 Å². The molecule has 0 rings (SSSR count). The first kappa shape index (κ1) is 6.03. The SMILES string of the molecule is C/C=C\N(C)C#N. The Hall–Kier alpha value is -0.970. The van der Waals surface area contributed by atoms with Gasteiger partial charge in [-0.05, 0) is 6.92 Å². The largest absolute Gasteiger partial charge is 0.290 e. The van der Waals surface area contributed by atoms with E-state index < -0.39 is 0 Å². The first-order chi connectivity index (χ1) is 3.31. The Bertz CT molecular complexity index is 99.1. The highest BCUT2D eigenvalue weighted by atomic mass is 15.1. The lowest BCUT2D eigenvalue weighted by Gasteiger charge is -1.94. The number of nitriles is 1. The van der Waals surface area contributed by atoms with Gasteiger partial charge in [-0.1, -0.05) is 6.08 Å². The van der Waals surface area contributed by atoms with Crippen LogP contribution < -0.4 is 0 Å². The summed E-state index contributed by atoms with van der Waals surface area (Å²) in [6.45, 7) is 1.87. The van der Waals surface area contributed by atoms with Crippen LogP contribution in [-0.4, -0.2) is 11.9 Å². The van der Waals surface area contributed by atoms with Crippen molar-refractivity contribution in [2.24, 2.45) is 0 Å². The van der Waals surface area contributed by atoms with Gasteiger partial charge in [0.1, 0.15) is 0 Å². The molecule has 0 aliphatic rings. The van der Waals surface area contributed by atoms with Gasteiger partial charge in [0.2, 0.25) is 0 Å². The third-order valence-corrected chi connectivity index (χ3v) is 0.530. The van der Waals surface area contributed by atoms with Crippen LogP contribution in [0.25, 0.3) is 0 Å². The zero-order valence-corrected chi connectivity index (χ0v) is 4.55. The van der Waals surface area contributed by atoms with E-state index in [1.165, 1.54) is 4.90 Å². The second-order valence-electron chi connectivity index (χ2n) is 1.19. The third kappa shape index (κ3) is 2.84. The molecule has 0 fully saturated rings. The summed E-state index contributed by atoms with van der Waals surface area (Å²) in [5.74, 6) is 0. The first-order valence-corrected chi connectivity index (χ1v) is 2.06. The van der Waals surface area contributed by atoms with Crippen LogP contribution in [0.2, 0.25) is 0 Å². The first-order valence-electron chi connectivity index (χ1n) is 2.06. The van der Waals surface area contributed by atoms with E-state index in [0.717, 1.165) is 0 Å². The molecule has 0 atom stereocenters. The number of rotatable bonds is 1. The Balaban J connectivity index is 3.42. The Labute approximate surface area is 43.7 Å². The van der Waals surface area contributed by atoms with Crippen LogP contribution in [0.4, 0.5) is 0 Å². The fourth-order valence-electron chi connectivity index (χ4n) is 0.257. The molecule has 38 valence electrons. The Morgan fingerprint density at radius 3 is 2.43 bits per heavy atom. The van der Waals surface area contributed by atoms with E-state index in [-0.39, 0.29) is 0 Å². The quantitative estimate of drug-likeness (QED) is 0.358. The van der Waals surface area contributed by atoms with Gasteiger partial charge in [0.15, 0.2) is 6.19 Å². The minimum Gasteiger partial charge on any atom is -0.290 e. The lowest BCUT2D eigenvalue weighted by molar-refractivity contribution is 0.647. The Kier molecular flexibility index (Phi) is 2.78. The third-order valence-electron chi connectivity index (χ3n) is 0.530. The molecule has 0 heterocycles. The highest BCUT2D eigenvalue weighted by Gasteiger charge is 1.75. The van der Waals surface area contributed by atoms with Crippen molar-refractivity contribution < 1.29 is 0 Å². The van der Waals surface area contributed by atoms with Crippen molar-refractivity contribution in [3.8, 4) is 6.19 Å². The van der Waals surface area contributed by atoms with Crippen molar-refractivity contribution in [3.05, 3.63) is 12.3 Å². The second kappa shape index (κ2) is 3.23. The molecule has 0 spiro atoms. The molecule has 0 amide bonds. The van der Waals surface area contributed by atoms with Gasteiger partial charge < -0.3 is 0 Å². The fourth-order valence-corrected chi connectivity index (χ4v) is 0.257. The standard InChI is InChI=1S/C5H8N2/c1-3-4-7(2)5-6/h3-4H,1-2H3/b4-3-. The van der Waals surface area contributed by atoms with Crippen molar-refractivity contribution in [3.63, 3.8) is 0 Å². The highest BCUT2D eigenvalue weighted by Crippen LogP contribution is 1.76. The van der Waals surface area contributed by atoms with E-state index in [2.05, 4.69) is 0 Å². The predicted octanol–water partition coefficient (Wildman–Crippen LogP) is 0.933. The van der Waals surface area contributed by atoms with Crippen molar-refractivity contribution in [1.29, 1.82) is 5.26 Å². The number of allylic oxidation sites excluding steroid dienone is 1. The van der Waals surface area contributed by atoms with Crippen LogP contribution in [-0.2, 0) is 0 Å². The van der Waals surface area contributed by atoms with Crippen molar-refractivity contribution in [1.82, 2.24) is 4.90 Å². The van der Waals surface area contributed by atoms with Gasteiger partial charge in [-0.15, -0.1) is 0 Å². The summed E-state index contributed by atoms with van der Waals surface area (Å²) in [5, 5.41) is 8.09. The molecule has 2 nitrogen and oxygen atoms in total. The van der Waals surface area contributed by atoms with Crippen molar-refractivity contribution >= 4 is 0 Å².